The van der Waals surface area contributed by atoms with Crippen LogP contribution in [0.2, 0.25) is 0 Å². The molecule has 1 amide bonds. The van der Waals surface area contributed by atoms with Gasteiger partial charge in [-0.05, 0) is 17.5 Å². The lowest BCUT2D eigenvalue weighted by molar-refractivity contribution is -0.120. The number of nitrogens with zero attached hydrogens (tertiary/aromatic N) is 2. The van der Waals surface area contributed by atoms with Gasteiger partial charge in [0.05, 0.1) is 18.7 Å². The van der Waals surface area contributed by atoms with Crippen LogP contribution in [0.1, 0.15) is 23.7 Å². The first-order valence-electron chi connectivity index (χ1n) is 7.63. The quantitative estimate of drug-likeness (QED) is 0.917. The zero-order chi connectivity index (χ0) is 15.4. The van der Waals surface area contributed by atoms with Gasteiger partial charge in [-0.3, -0.25) is 9.48 Å². The van der Waals surface area contributed by atoms with Gasteiger partial charge >= 0.3 is 0 Å². The normalized spacial score (nSPS) is 21.0. The molecule has 1 fully saturated rings. The lowest BCUT2D eigenvalue weighted by atomic mass is 9.95. The van der Waals surface area contributed by atoms with Crippen molar-refractivity contribution in [3.05, 3.63) is 53.9 Å². The molecule has 0 saturated carbocycles. The molecule has 3 rings (SSSR count). The van der Waals surface area contributed by atoms with Gasteiger partial charge in [0.1, 0.15) is 0 Å². The van der Waals surface area contributed by atoms with Crippen LogP contribution in [0.15, 0.2) is 42.7 Å². The average molecular weight is 299 g/mol. The molecule has 116 valence electrons. The highest BCUT2D eigenvalue weighted by molar-refractivity contribution is 5.78. The number of aromatic nitrogens is 2. The first-order valence-corrected chi connectivity index (χ1v) is 7.63. The SMILES string of the molecule is Cn1cc(CC(=O)NC[C@H]2CCO[C@@H]2c2ccccc2)cn1. The minimum Gasteiger partial charge on any atom is -0.373 e. The van der Waals surface area contributed by atoms with Crippen LogP contribution in [-0.4, -0.2) is 28.8 Å². The standard InChI is InChI=1S/C17H21N3O2/c1-20-12-13(10-19-20)9-16(21)18-11-15-7-8-22-17(15)14-5-3-2-4-6-14/h2-6,10,12,15,17H,7-9,11H2,1H3,(H,18,21)/t15-,17-/m1/s1. The molecule has 0 radical (unpaired) electrons. The number of carbonyl (C=O) groups is 1. The van der Waals surface area contributed by atoms with E-state index in [2.05, 4.69) is 22.5 Å². The Balaban J connectivity index is 1.53. The van der Waals surface area contributed by atoms with Crippen LogP contribution in [-0.2, 0) is 23.0 Å². The Labute approximate surface area is 130 Å². The van der Waals surface area contributed by atoms with Gasteiger partial charge in [0.25, 0.3) is 0 Å². The van der Waals surface area contributed by atoms with Crippen molar-refractivity contribution in [2.75, 3.05) is 13.2 Å². The summed E-state index contributed by atoms with van der Waals surface area (Å²) >= 11 is 0. The number of rotatable bonds is 5. The number of nitrogens with one attached hydrogen (secondary N) is 1. The first kappa shape index (κ1) is 14.8. The molecule has 2 atom stereocenters. The molecule has 0 unspecified atom stereocenters. The number of hydrogen-bond donors (Lipinski definition) is 1. The minimum absolute atomic E-state index is 0.0340. The molecule has 5 heteroatoms. The van der Waals surface area contributed by atoms with E-state index >= 15 is 0 Å². The van der Waals surface area contributed by atoms with Gasteiger partial charge in [-0.15, -0.1) is 0 Å². The number of hydrogen-bond acceptors (Lipinski definition) is 3. The van der Waals surface area contributed by atoms with Crippen molar-refractivity contribution in [1.82, 2.24) is 15.1 Å². The van der Waals surface area contributed by atoms with Gasteiger partial charge in [-0.25, -0.2) is 0 Å². The summed E-state index contributed by atoms with van der Waals surface area (Å²) in [4.78, 5) is 12.0. The van der Waals surface area contributed by atoms with E-state index in [-0.39, 0.29) is 12.0 Å². The van der Waals surface area contributed by atoms with Crippen LogP contribution >= 0.6 is 0 Å². The molecule has 1 aromatic heterocycles. The summed E-state index contributed by atoms with van der Waals surface area (Å²) in [5, 5.41) is 7.10. The number of benzene rings is 1. The lowest BCUT2D eigenvalue weighted by Crippen LogP contribution is -2.31. The molecule has 0 aliphatic carbocycles. The zero-order valence-electron chi connectivity index (χ0n) is 12.7. The molecular weight excluding hydrogens is 278 g/mol. The van der Waals surface area contributed by atoms with E-state index in [9.17, 15) is 4.79 Å². The van der Waals surface area contributed by atoms with Crippen molar-refractivity contribution < 1.29 is 9.53 Å². The Bertz CT molecular complexity index is 624. The summed E-state index contributed by atoms with van der Waals surface area (Å²) in [5.41, 5.74) is 2.12. The third-order valence-electron chi connectivity index (χ3n) is 4.03. The Kier molecular flexibility index (Phi) is 4.53. The van der Waals surface area contributed by atoms with Gasteiger partial charge < -0.3 is 10.1 Å². The second kappa shape index (κ2) is 6.75. The summed E-state index contributed by atoms with van der Waals surface area (Å²) in [6.45, 7) is 1.40. The minimum atomic E-state index is 0.0340. The molecule has 5 nitrogen and oxygen atoms in total. The highest BCUT2D eigenvalue weighted by Crippen LogP contribution is 2.33. The summed E-state index contributed by atoms with van der Waals surface area (Å²) in [6.07, 6.45) is 5.03. The molecule has 1 saturated heterocycles. The van der Waals surface area contributed by atoms with Crippen LogP contribution in [0.3, 0.4) is 0 Å². The van der Waals surface area contributed by atoms with Crippen LogP contribution < -0.4 is 5.32 Å². The van der Waals surface area contributed by atoms with E-state index in [1.165, 1.54) is 5.56 Å². The number of carbonyl (C=O) groups excluding carboxylic acids is 1. The van der Waals surface area contributed by atoms with Crippen molar-refractivity contribution in [2.45, 2.75) is 18.9 Å². The van der Waals surface area contributed by atoms with E-state index in [1.54, 1.807) is 10.9 Å². The van der Waals surface area contributed by atoms with Crippen molar-refractivity contribution in [3.63, 3.8) is 0 Å². The van der Waals surface area contributed by atoms with Crippen LogP contribution in [0.5, 0.6) is 0 Å². The van der Waals surface area contributed by atoms with Crippen molar-refractivity contribution in [1.29, 1.82) is 0 Å². The Hall–Kier alpha value is -2.14. The number of ether oxygens (including phenoxy) is 1. The predicted molar refractivity (Wildman–Crippen MR) is 83.2 cm³/mol. The average Bonchev–Trinajstić information content (AvgIpc) is 3.15. The van der Waals surface area contributed by atoms with Crippen molar-refractivity contribution in [3.8, 4) is 0 Å². The summed E-state index contributed by atoms with van der Waals surface area (Å²) < 4.78 is 7.55. The van der Waals surface area contributed by atoms with Gasteiger partial charge in [0.15, 0.2) is 0 Å². The van der Waals surface area contributed by atoms with E-state index in [0.29, 0.717) is 18.9 Å². The maximum Gasteiger partial charge on any atom is 0.224 e. The van der Waals surface area contributed by atoms with E-state index in [4.69, 9.17) is 4.74 Å². The van der Waals surface area contributed by atoms with Gasteiger partial charge in [-0.1, -0.05) is 30.3 Å². The fourth-order valence-corrected chi connectivity index (χ4v) is 2.91. The second-order valence-electron chi connectivity index (χ2n) is 5.75. The highest BCUT2D eigenvalue weighted by Gasteiger charge is 2.29. The van der Waals surface area contributed by atoms with Crippen molar-refractivity contribution in [2.24, 2.45) is 13.0 Å². The van der Waals surface area contributed by atoms with Gasteiger partial charge in [0.2, 0.25) is 5.91 Å². The lowest BCUT2D eigenvalue weighted by Gasteiger charge is -2.19. The molecule has 2 aromatic rings. The molecular formula is C17H21N3O2. The summed E-state index contributed by atoms with van der Waals surface area (Å²) in [7, 11) is 1.85. The van der Waals surface area contributed by atoms with E-state index in [1.807, 2.05) is 31.4 Å². The van der Waals surface area contributed by atoms with E-state index < -0.39 is 0 Å². The molecule has 1 aliphatic rings. The fraction of sp³-hybridized carbons (Fsp3) is 0.412. The van der Waals surface area contributed by atoms with Crippen molar-refractivity contribution >= 4 is 5.91 Å². The van der Waals surface area contributed by atoms with Crippen LogP contribution in [0.4, 0.5) is 0 Å². The smallest absolute Gasteiger partial charge is 0.224 e. The molecule has 0 spiro atoms. The largest absolute Gasteiger partial charge is 0.373 e. The second-order valence-corrected chi connectivity index (χ2v) is 5.75. The van der Waals surface area contributed by atoms with Crippen LogP contribution in [0, 0.1) is 5.92 Å². The number of aryl methyl sites for hydroxylation is 1. The number of amides is 1. The summed E-state index contributed by atoms with van der Waals surface area (Å²) in [5.74, 6) is 0.368. The first-order chi connectivity index (χ1) is 10.7. The Morgan fingerprint density at radius 3 is 2.95 bits per heavy atom. The highest BCUT2D eigenvalue weighted by atomic mass is 16.5. The molecule has 0 bridgehead atoms. The maximum absolute atomic E-state index is 12.0. The predicted octanol–water partition coefficient (Wildman–Crippen LogP) is 1.86. The maximum atomic E-state index is 12.0. The molecule has 1 aromatic carbocycles. The van der Waals surface area contributed by atoms with Gasteiger partial charge in [0, 0.05) is 32.3 Å². The molecule has 2 heterocycles. The topological polar surface area (TPSA) is 56.2 Å². The monoisotopic (exact) mass is 299 g/mol. The van der Waals surface area contributed by atoms with E-state index in [0.717, 1.165) is 18.6 Å². The fourth-order valence-electron chi connectivity index (χ4n) is 2.91. The third kappa shape index (κ3) is 3.54. The summed E-state index contributed by atoms with van der Waals surface area (Å²) in [6, 6.07) is 10.2. The molecule has 1 aliphatic heterocycles. The molecule has 22 heavy (non-hydrogen) atoms. The Morgan fingerprint density at radius 1 is 1.41 bits per heavy atom. The zero-order valence-corrected chi connectivity index (χ0v) is 12.7. The third-order valence-corrected chi connectivity index (χ3v) is 4.03. The van der Waals surface area contributed by atoms with Crippen LogP contribution in [0.25, 0.3) is 0 Å². The Morgan fingerprint density at radius 2 is 2.23 bits per heavy atom. The molecule has 1 N–H and O–H groups in total. The van der Waals surface area contributed by atoms with Gasteiger partial charge in [-0.2, -0.15) is 5.10 Å².